The fourth-order valence-electron chi connectivity index (χ4n) is 6.82. The van der Waals surface area contributed by atoms with Crippen LogP contribution in [0.3, 0.4) is 0 Å². The van der Waals surface area contributed by atoms with Crippen LogP contribution in [0, 0.1) is 23.3 Å². The van der Waals surface area contributed by atoms with Gasteiger partial charge in [0.1, 0.15) is 23.3 Å². The summed E-state index contributed by atoms with van der Waals surface area (Å²) in [6.45, 7) is 0. The number of nitrogens with one attached hydrogen (secondary N) is 3. The van der Waals surface area contributed by atoms with Crippen molar-refractivity contribution in [3.63, 3.8) is 0 Å². The standard InChI is InChI=1S/C22H16ClF2N3O2.C16H13ClF2N2O.C6H5NO2.ClH/c23-16-11-13(1-4-17(16)24)27-22(30)15-2-5-18(25)20-14(15)3-6-19(20)28-21(29)12-7-9-26-10-8-12;17-11-7-8(1-4-12(11)18)21-16(22)10-2-5-13(19)15-9(10)3-6-14(15)20;8-6(9)5-1-3-7-4-2-5;/h1-2,4-5,7-11,19H,3,6H2,(H,27,30)(H,28,29);1-2,4-5,7,14H,3,6,20H2,(H,21,22);1-4H,(H,8,9);1H/t19-;14-;;/m00../s1. The Labute approximate surface area is 368 Å². The van der Waals surface area contributed by atoms with Gasteiger partial charge in [0.15, 0.2) is 0 Å². The van der Waals surface area contributed by atoms with Gasteiger partial charge in [-0.3, -0.25) is 24.4 Å². The van der Waals surface area contributed by atoms with E-state index in [1.165, 1.54) is 91.5 Å². The van der Waals surface area contributed by atoms with Crippen molar-refractivity contribution in [2.75, 3.05) is 10.6 Å². The molecule has 8 rings (SSSR count). The van der Waals surface area contributed by atoms with E-state index in [1.54, 1.807) is 12.1 Å². The highest BCUT2D eigenvalue weighted by Gasteiger charge is 2.32. The molecule has 62 heavy (non-hydrogen) atoms. The Morgan fingerprint density at radius 1 is 0.597 bits per heavy atom. The van der Waals surface area contributed by atoms with E-state index in [1.807, 2.05) is 0 Å². The van der Waals surface area contributed by atoms with E-state index in [0.717, 1.165) is 6.07 Å². The lowest BCUT2D eigenvalue weighted by molar-refractivity contribution is 0.0696. The van der Waals surface area contributed by atoms with E-state index >= 15 is 0 Å². The molecule has 320 valence electrons. The van der Waals surface area contributed by atoms with Crippen LogP contribution in [0.15, 0.2) is 110 Å². The van der Waals surface area contributed by atoms with Crippen molar-refractivity contribution in [3.8, 4) is 0 Å². The quantitative estimate of drug-likeness (QED) is 0.0984. The third kappa shape index (κ3) is 11.1. The third-order valence-electron chi connectivity index (χ3n) is 9.73. The molecule has 2 heterocycles. The van der Waals surface area contributed by atoms with Gasteiger partial charge in [-0.25, -0.2) is 22.4 Å². The number of aromatic carboxylic acids is 1. The summed E-state index contributed by atoms with van der Waals surface area (Å²) < 4.78 is 54.9. The minimum Gasteiger partial charge on any atom is -0.478 e. The molecule has 11 nitrogen and oxygen atoms in total. The van der Waals surface area contributed by atoms with Gasteiger partial charge in [-0.15, -0.1) is 12.4 Å². The molecule has 2 aromatic heterocycles. The number of carboxylic acids is 1. The average molecular weight is 910 g/mol. The van der Waals surface area contributed by atoms with Crippen LogP contribution in [-0.2, 0) is 12.8 Å². The topological polar surface area (TPSA) is 176 Å². The Kier molecular flexibility index (Phi) is 15.8. The maximum absolute atomic E-state index is 14.6. The second-order valence-corrected chi connectivity index (χ2v) is 14.4. The number of amides is 3. The SMILES string of the molecule is Cl.N[C@H]1CCc2c(C(=O)Nc3ccc(F)c(Cl)c3)ccc(F)c21.O=C(N[C@H]1CCc2c(C(=O)Nc3ccc(F)c(Cl)c3)ccc(F)c21)c1ccncc1.O=C(O)c1ccncc1. The Morgan fingerprint density at radius 3 is 1.50 bits per heavy atom. The van der Waals surface area contributed by atoms with Crippen molar-refractivity contribution >= 4 is 70.7 Å². The molecular formula is C44H35Cl3F4N6O5. The fraction of sp³-hybridized carbons (Fsp3) is 0.136. The van der Waals surface area contributed by atoms with E-state index in [2.05, 4.69) is 25.9 Å². The predicted molar refractivity (Wildman–Crippen MR) is 228 cm³/mol. The van der Waals surface area contributed by atoms with Crippen LogP contribution >= 0.6 is 35.6 Å². The van der Waals surface area contributed by atoms with Crippen LogP contribution in [0.5, 0.6) is 0 Å². The molecule has 6 aromatic rings. The van der Waals surface area contributed by atoms with Crippen LogP contribution in [0.2, 0.25) is 10.0 Å². The molecule has 0 saturated carbocycles. The molecule has 2 aliphatic rings. The first-order chi connectivity index (χ1) is 29.2. The number of benzene rings is 4. The van der Waals surface area contributed by atoms with Gasteiger partial charge in [0.25, 0.3) is 17.7 Å². The number of fused-ring (bicyclic) bond motifs is 2. The number of carbonyl (C=O) groups excluding carboxylic acids is 3. The molecule has 18 heteroatoms. The number of pyridine rings is 2. The van der Waals surface area contributed by atoms with Crippen molar-refractivity contribution in [3.05, 3.63) is 188 Å². The van der Waals surface area contributed by atoms with E-state index in [4.69, 9.17) is 34.0 Å². The molecule has 0 spiro atoms. The van der Waals surface area contributed by atoms with Crippen LogP contribution in [0.25, 0.3) is 0 Å². The molecule has 0 fully saturated rings. The average Bonchev–Trinajstić information content (AvgIpc) is 3.86. The number of carbonyl (C=O) groups is 4. The van der Waals surface area contributed by atoms with Crippen LogP contribution < -0.4 is 21.7 Å². The zero-order valence-electron chi connectivity index (χ0n) is 32.1. The van der Waals surface area contributed by atoms with Gasteiger partial charge in [-0.2, -0.15) is 0 Å². The molecule has 3 amide bonds. The lowest BCUT2D eigenvalue weighted by Gasteiger charge is -2.16. The lowest BCUT2D eigenvalue weighted by Crippen LogP contribution is -2.27. The van der Waals surface area contributed by atoms with E-state index in [0.29, 0.717) is 76.0 Å². The Hall–Kier alpha value is -6.39. The summed E-state index contributed by atoms with van der Waals surface area (Å²) >= 11 is 11.4. The summed E-state index contributed by atoms with van der Waals surface area (Å²) in [5.74, 6) is -4.14. The molecule has 0 bridgehead atoms. The summed E-state index contributed by atoms with van der Waals surface area (Å²) in [7, 11) is 0. The molecular weight excluding hydrogens is 875 g/mol. The molecule has 0 saturated heterocycles. The number of carboxylic acid groups (broad SMARTS) is 1. The van der Waals surface area contributed by atoms with Crippen molar-refractivity contribution in [1.29, 1.82) is 0 Å². The van der Waals surface area contributed by atoms with E-state index in [-0.39, 0.29) is 45.8 Å². The predicted octanol–water partition coefficient (Wildman–Crippen LogP) is 9.70. The number of rotatable bonds is 7. The van der Waals surface area contributed by atoms with Crippen molar-refractivity contribution in [2.24, 2.45) is 5.73 Å². The summed E-state index contributed by atoms with van der Waals surface area (Å²) in [4.78, 5) is 55.3. The smallest absolute Gasteiger partial charge is 0.335 e. The minimum atomic E-state index is -0.919. The summed E-state index contributed by atoms with van der Waals surface area (Å²) in [5.41, 5.74) is 9.83. The summed E-state index contributed by atoms with van der Waals surface area (Å²) in [6, 6.07) is 18.1. The van der Waals surface area contributed by atoms with Crippen molar-refractivity contribution < 1.29 is 41.8 Å². The normalized spacial score (nSPS) is 14.3. The van der Waals surface area contributed by atoms with Gasteiger partial charge in [-0.1, -0.05) is 23.2 Å². The van der Waals surface area contributed by atoms with Gasteiger partial charge in [0.05, 0.1) is 21.7 Å². The zero-order chi connectivity index (χ0) is 43.8. The first-order valence-electron chi connectivity index (χ1n) is 18.5. The number of aromatic nitrogens is 2. The van der Waals surface area contributed by atoms with Crippen LogP contribution in [0.4, 0.5) is 28.9 Å². The number of nitrogens with two attached hydrogens (primary N) is 1. The zero-order valence-corrected chi connectivity index (χ0v) is 34.4. The maximum Gasteiger partial charge on any atom is 0.335 e. The molecule has 0 radical (unpaired) electrons. The third-order valence-corrected chi connectivity index (χ3v) is 10.3. The maximum atomic E-state index is 14.6. The Morgan fingerprint density at radius 2 is 1.03 bits per heavy atom. The number of nitrogens with zero attached hydrogens (tertiary/aromatic N) is 2. The Balaban J connectivity index is 0.000000198. The number of hydrogen-bond donors (Lipinski definition) is 5. The number of halogens is 7. The first-order valence-corrected chi connectivity index (χ1v) is 19.2. The van der Waals surface area contributed by atoms with Gasteiger partial charge in [0, 0.05) is 70.0 Å². The summed E-state index contributed by atoms with van der Waals surface area (Å²) in [6.07, 6.45) is 7.97. The molecule has 2 aliphatic carbocycles. The van der Waals surface area contributed by atoms with Gasteiger partial charge >= 0.3 is 5.97 Å². The highest BCUT2D eigenvalue weighted by molar-refractivity contribution is 6.31. The van der Waals surface area contributed by atoms with Crippen molar-refractivity contribution in [2.45, 2.75) is 37.8 Å². The van der Waals surface area contributed by atoms with Gasteiger partial charge in [0.2, 0.25) is 0 Å². The second kappa shape index (κ2) is 20.9. The molecule has 0 unspecified atom stereocenters. The molecule has 6 N–H and O–H groups in total. The summed E-state index contributed by atoms with van der Waals surface area (Å²) in [5, 5.41) is 16.3. The number of hydrogen-bond acceptors (Lipinski definition) is 7. The van der Waals surface area contributed by atoms with E-state index < -0.39 is 41.3 Å². The minimum absolute atomic E-state index is 0. The van der Waals surface area contributed by atoms with Crippen LogP contribution in [-0.4, -0.2) is 38.8 Å². The van der Waals surface area contributed by atoms with Crippen LogP contribution in [0.1, 0.15) is 88.6 Å². The molecule has 4 aromatic carbocycles. The van der Waals surface area contributed by atoms with Gasteiger partial charge < -0.3 is 26.8 Å². The molecule has 2 atom stereocenters. The molecule has 0 aliphatic heterocycles. The highest BCUT2D eigenvalue weighted by atomic mass is 35.5. The highest BCUT2D eigenvalue weighted by Crippen LogP contribution is 2.37. The Bertz CT molecular complexity index is 2630. The van der Waals surface area contributed by atoms with Gasteiger partial charge in [-0.05, 0) is 122 Å². The first kappa shape index (κ1) is 46.7. The fourth-order valence-corrected chi connectivity index (χ4v) is 7.18. The second-order valence-electron chi connectivity index (χ2n) is 13.6. The van der Waals surface area contributed by atoms with E-state index in [9.17, 15) is 36.7 Å². The number of anilines is 2. The largest absolute Gasteiger partial charge is 0.478 e. The monoisotopic (exact) mass is 908 g/mol. The lowest BCUT2D eigenvalue weighted by atomic mass is 10.0. The van der Waals surface area contributed by atoms with Crippen molar-refractivity contribution in [1.82, 2.24) is 15.3 Å².